The van der Waals surface area contributed by atoms with Crippen LogP contribution in [0.15, 0.2) is 17.6 Å². The van der Waals surface area contributed by atoms with Crippen LogP contribution in [0.5, 0.6) is 0 Å². The minimum Gasteiger partial charge on any atom is -0.354 e. The van der Waals surface area contributed by atoms with Crippen LogP contribution < -0.4 is 10.6 Å². The fraction of sp³-hybridized carbons (Fsp3) is 0.722. The zero-order valence-corrected chi connectivity index (χ0v) is 18.3. The van der Waals surface area contributed by atoms with E-state index in [0.29, 0.717) is 19.1 Å². The maximum atomic E-state index is 4.68. The maximum absolute atomic E-state index is 4.68. The highest BCUT2D eigenvalue weighted by Crippen LogP contribution is 2.29. The Balaban J connectivity index is 0.00000312. The molecule has 6 nitrogen and oxygen atoms in total. The van der Waals surface area contributed by atoms with Crippen LogP contribution >= 0.6 is 24.0 Å². The highest BCUT2D eigenvalue weighted by atomic mass is 127. The van der Waals surface area contributed by atoms with Gasteiger partial charge in [-0.05, 0) is 44.4 Å². The fourth-order valence-corrected chi connectivity index (χ4v) is 3.18. The zero-order chi connectivity index (χ0) is 17.5. The van der Waals surface area contributed by atoms with Crippen molar-refractivity contribution < 1.29 is 0 Å². The van der Waals surface area contributed by atoms with E-state index in [9.17, 15) is 0 Å². The van der Waals surface area contributed by atoms with E-state index in [1.54, 1.807) is 0 Å². The van der Waals surface area contributed by atoms with Gasteiger partial charge in [0, 0.05) is 19.6 Å². The molecule has 0 aliphatic heterocycles. The Morgan fingerprint density at radius 3 is 2.52 bits per heavy atom. The molecule has 0 bridgehead atoms. The molecule has 0 saturated heterocycles. The van der Waals surface area contributed by atoms with Crippen molar-refractivity contribution in [2.24, 2.45) is 23.9 Å². The third-order valence-corrected chi connectivity index (χ3v) is 5.03. The minimum atomic E-state index is 0. The summed E-state index contributed by atoms with van der Waals surface area (Å²) in [5, 5.41) is 15.1. The predicted molar refractivity (Wildman–Crippen MR) is 114 cm³/mol. The van der Waals surface area contributed by atoms with E-state index in [2.05, 4.69) is 46.2 Å². The van der Waals surface area contributed by atoms with E-state index in [-0.39, 0.29) is 24.0 Å². The summed E-state index contributed by atoms with van der Waals surface area (Å²) in [7, 11) is 1.97. The summed E-state index contributed by atoms with van der Waals surface area (Å²) in [4.78, 5) is 4.68. The topological polar surface area (TPSA) is 67.1 Å². The van der Waals surface area contributed by atoms with E-state index < -0.39 is 0 Å². The third-order valence-electron chi connectivity index (χ3n) is 5.03. The van der Waals surface area contributed by atoms with E-state index in [4.69, 9.17) is 0 Å². The van der Waals surface area contributed by atoms with Crippen LogP contribution in [0.1, 0.15) is 51.2 Å². The molecule has 1 aliphatic carbocycles. The first-order valence-corrected chi connectivity index (χ1v) is 9.01. The number of aliphatic imine (C=N–C) groups is 1. The second-order valence-electron chi connectivity index (χ2n) is 7.06. The molecule has 142 valence electrons. The molecule has 1 aliphatic rings. The first-order valence-electron chi connectivity index (χ1n) is 9.01. The quantitative estimate of drug-likeness (QED) is 0.296. The first-order chi connectivity index (χ1) is 11.5. The standard InChI is InChI=1S/C18H32N6.HI/c1-6-11-19-18(20-12-17-23-22-14(4)24(17)5)21-16-9-7-15(8-10-16)13(2)3;/h6,13,15-16H,1,7-12H2,2-5H3,(H2,19,20,21);1H. The maximum Gasteiger partial charge on any atom is 0.192 e. The van der Waals surface area contributed by atoms with E-state index in [1.165, 1.54) is 25.7 Å². The lowest BCUT2D eigenvalue weighted by Crippen LogP contribution is -2.45. The van der Waals surface area contributed by atoms with Gasteiger partial charge >= 0.3 is 0 Å². The number of halogens is 1. The summed E-state index contributed by atoms with van der Waals surface area (Å²) >= 11 is 0. The van der Waals surface area contributed by atoms with Crippen molar-refractivity contribution in [1.82, 2.24) is 25.4 Å². The molecule has 0 amide bonds. The number of hydrogen-bond acceptors (Lipinski definition) is 3. The Morgan fingerprint density at radius 2 is 2.00 bits per heavy atom. The summed E-state index contributed by atoms with van der Waals surface area (Å²) < 4.78 is 1.97. The van der Waals surface area contributed by atoms with Crippen LogP contribution in [-0.4, -0.2) is 33.3 Å². The monoisotopic (exact) mass is 460 g/mol. The molecular formula is C18H33IN6. The van der Waals surface area contributed by atoms with Gasteiger partial charge in [-0.1, -0.05) is 19.9 Å². The Hall–Kier alpha value is -1.12. The molecule has 25 heavy (non-hydrogen) atoms. The molecule has 0 aromatic carbocycles. The molecule has 0 spiro atoms. The van der Waals surface area contributed by atoms with Gasteiger partial charge in [0.1, 0.15) is 12.4 Å². The summed E-state index contributed by atoms with van der Waals surface area (Å²) in [6.45, 7) is 11.6. The lowest BCUT2D eigenvalue weighted by Gasteiger charge is -2.32. The molecule has 0 atom stereocenters. The number of nitrogens with zero attached hydrogens (tertiary/aromatic N) is 4. The van der Waals surface area contributed by atoms with Gasteiger partial charge in [0.2, 0.25) is 0 Å². The van der Waals surface area contributed by atoms with E-state index in [1.807, 2.05) is 24.6 Å². The molecule has 1 aromatic heterocycles. The van der Waals surface area contributed by atoms with Crippen molar-refractivity contribution in [3.8, 4) is 0 Å². The van der Waals surface area contributed by atoms with Crippen molar-refractivity contribution >= 4 is 29.9 Å². The molecular weight excluding hydrogens is 427 g/mol. The van der Waals surface area contributed by atoms with Gasteiger partial charge in [-0.25, -0.2) is 4.99 Å². The Kier molecular flexibility index (Phi) is 9.45. The smallest absolute Gasteiger partial charge is 0.192 e. The summed E-state index contributed by atoms with van der Waals surface area (Å²) in [6, 6.07) is 0.497. The number of rotatable bonds is 6. The van der Waals surface area contributed by atoms with Gasteiger partial charge in [-0.3, -0.25) is 0 Å². The molecule has 0 radical (unpaired) electrons. The molecule has 1 fully saturated rings. The van der Waals surface area contributed by atoms with E-state index >= 15 is 0 Å². The Bertz CT molecular complexity index is 558. The largest absolute Gasteiger partial charge is 0.354 e. The molecule has 1 heterocycles. The van der Waals surface area contributed by atoms with Gasteiger partial charge in [0.05, 0.1) is 0 Å². The summed E-state index contributed by atoms with van der Waals surface area (Å²) in [6.07, 6.45) is 6.86. The van der Waals surface area contributed by atoms with Crippen molar-refractivity contribution in [2.45, 2.75) is 59.0 Å². The van der Waals surface area contributed by atoms with Gasteiger partial charge in [0.15, 0.2) is 11.8 Å². The Labute approximate surface area is 169 Å². The second-order valence-corrected chi connectivity index (χ2v) is 7.06. The highest BCUT2D eigenvalue weighted by Gasteiger charge is 2.23. The molecule has 1 aromatic rings. The number of hydrogen-bond donors (Lipinski definition) is 2. The van der Waals surface area contributed by atoms with Crippen LogP contribution in [0.25, 0.3) is 0 Å². The molecule has 1 saturated carbocycles. The fourth-order valence-electron chi connectivity index (χ4n) is 3.18. The zero-order valence-electron chi connectivity index (χ0n) is 16.0. The first kappa shape index (κ1) is 21.9. The van der Waals surface area contributed by atoms with Crippen molar-refractivity contribution in [3.63, 3.8) is 0 Å². The van der Waals surface area contributed by atoms with Gasteiger partial charge in [-0.2, -0.15) is 0 Å². The normalized spacial score (nSPS) is 20.9. The van der Waals surface area contributed by atoms with Crippen molar-refractivity contribution in [1.29, 1.82) is 0 Å². The SMILES string of the molecule is C=CCNC(=NCc1nnc(C)n1C)NC1CCC(C(C)C)CC1.I. The Morgan fingerprint density at radius 1 is 1.32 bits per heavy atom. The second kappa shape index (κ2) is 10.8. The van der Waals surface area contributed by atoms with E-state index in [0.717, 1.165) is 29.4 Å². The average molecular weight is 460 g/mol. The van der Waals surface area contributed by atoms with Crippen molar-refractivity contribution in [2.75, 3.05) is 6.54 Å². The summed E-state index contributed by atoms with van der Waals surface area (Å²) in [5.41, 5.74) is 0. The molecule has 0 unspecified atom stereocenters. The number of guanidine groups is 1. The van der Waals surface area contributed by atoms with Crippen LogP contribution in [0.2, 0.25) is 0 Å². The number of nitrogens with one attached hydrogen (secondary N) is 2. The number of aromatic nitrogens is 3. The lowest BCUT2D eigenvalue weighted by atomic mass is 9.80. The molecule has 2 N–H and O–H groups in total. The van der Waals surface area contributed by atoms with Crippen molar-refractivity contribution in [3.05, 3.63) is 24.3 Å². The number of aryl methyl sites for hydroxylation is 1. The van der Waals surface area contributed by atoms with Crippen LogP contribution in [0.3, 0.4) is 0 Å². The third kappa shape index (κ3) is 6.60. The highest BCUT2D eigenvalue weighted by molar-refractivity contribution is 14.0. The lowest BCUT2D eigenvalue weighted by molar-refractivity contribution is 0.250. The summed E-state index contributed by atoms with van der Waals surface area (Å²) in [5.74, 6) is 4.27. The van der Waals surface area contributed by atoms with Crippen LogP contribution in [0, 0.1) is 18.8 Å². The van der Waals surface area contributed by atoms with Crippen LogP contribution in [0.4, 0.5) is 0 Å². The van der Waals surface area contributed by atoms with Crippen LogP contribution in [-0.2, 0) is 13.6 Å². The average Bonchev–Trinajstić information content (AvgIpc) is 2.89. The molecule has 7 heteroatoms. The minimum absolute atomic E-state index is 0. The predicted octanol–water partition coefficient (Wildman–Crippen LogP) is 3.18. The van der Waals surface area contributed by atoms with Gasteiger partial charge in [-0.15, -0.1) is 40.8 Å². The van der Waals surface area contributed by atoms with Gasteiger partial charge < -0.3 is 15.2 Å². The van der Waals surface area contributed by atoms with Gasteiger partial charge in [0.25, 0.3) is 0 Å². The molecule has 2 rings (SSSR count).